The lowest BCUT2D eigenvalue weighted by Gasteiger charge is -2.58. The van der Waals surface area contributed by atoms with Gasteiger partial charge < -0.3 is 20.3 Å². The molecule has 3 aromatic rings. The summed E-state index contributed by atoms with van der Waals surface area (Å²) < 4.78 is 5.81. The van der Waals surface area contributed by atoms with Crippen LogP contribution in [0.5, 0.6) is 0 Å². The van der Waals surface area contributed by atoms with Crippen molar-refractivity contribution < 1.29 is 24.5 Å². The van der Waals surface area contributed by atoms with E-state index < -0.39 is 40.8 Å². The number of aliphatic carboxylic acids is 2. The van der Waals surface area contributed by atoms with Crippen molar-refractivity contribution >= 4 is 23.5 Å². The number of azide groups is 1. The average molecular weight is 644 g/mol. The van der Waals surface area contributed by atoms with Crippen LogP contribution in [0.15, 0.2) is 90.0 Å². The molecular weight excluding hydrogens is 606 g/mol. The van der Waals surface area contributed by atoms with Crippen molar-refractivity contribution in [3.63, 3.8) is 0 Å². The lowest BCUT2D eigenvalue weighted by Crippen LogP contribution is -2.71. The highest BCUT2D eigenvalue weighted by Gasteiger charge is 2.67. The maximum absolute atomic E-state index is 13.9. The highest BCUT2D eigenvalue weighted by molar-refractivity contribution is 6.30. The van der Waals surface area contributed by atoms with Crippen LogP contribution in [0, 0.1) is 22.2 Å². The summed E-state index contributed by atoms with van der Waals surface area (Å²) in [6.07, 6.45) is 0.274. The number of nitriles is 1. The number of piperidine rings is 1. The molecule has 0 aromatic heterocycles. The molecule has 10 nitrogen and oxygen atoms in total. The van der Waals surface area contributed by atoms with Crippen LogP contribution in [0.3, 0.4) is 0 Å². The minimum Gasteiger partial charge on any atom is -0.481 e. The number of benzene rings is 3. The fourth-order valence-corrected chi connectivity index (χ4v) is 7.55. The van der Waals surface area contributed by atoms with Gasteiger partial charge in [-0.3, -0.25) is 9.59 Å². The number of carboxylic acid groups (broad SMARTS) is 2. The summed E-state index contributed by atoms with van der Waals surface area (Å²) in [7, 11) is 0. The van der Waals surface area contributed by atoms with E-state index in [1.54, 1.807) is 31.2 Å². The first-order chi connectivity index (χ1) is 22.2. The number of nitrogens with zero attached hydrogens (tertiary/aromatic N) is 4. The van der Waals surface area contributed by atoms with Crippen molar-refractivity contribution in [2.45, 2.75) is 56.5 Å². The molecule has 3 aromatic carbocycles. The van der Waals surface area contributed by atoms with Crippen molar-refractivity contribution in [2.75, 3.05) is 19.8 Å². The summed E-state index contributed by atoms with van der Waals surface area (Å²) in [4.78, 5) is 30.3. The molecule has 1 aliphatic rings. The van der Waals surface area contributed by atoms with Crippen LogP contribution in [-0.4, -0.2) is 54.0 Å². The molecule has 0 bridgehead atoms. The third kappa shape index (κ3) is 7.04. The van der Waals surface area contributed by atoms with Gasteiger partial charge in [-0.1, -0.05) is 89.5 Å². The van der Waals surface area contributed by atoms with E-state index in [9.17, 15) is 25.1 Å². The van der Waals surface area contributed by atoms with E-state index in [4.69, 9.17) is 21.9 Å². The normalized spacial score (nSPS) is 24.1. The molecule has 46 heavy (non-hydrogen) atoms. The molecule has 1 aliphatic heterocycles. The Morgan fingerprint density at radius 2 is 1.65 bits per heavy atom. The zero-order chi connectivity index (χ0) is 33.2. The number of ether oxygens (including phenoxy) is 1. The number of nitrogens with one attached hydrogen (secondary N) is 1. The van der Waals surface area contributed by atoms with Gasteiger partial charge in [0.2, 0.25) is 0 Å². The first kappa shape index (κ1) is 34.5. The monoisotopic (exact) mass is 643 g/mol. The van der Waals surface area contributed by atoms with Gasteiger partial charge in [-0.2, -0.15) is 5.26 Å². The molecule has 0 saturated carbocycles. The van der Waals surface area contributed by atoms with E-state index in [-0.39, 0.29) is 44.9 Å². The first-order valence-corrected chi connectivity index (χ1v) is 15.6. The Hall–Kier alpha value is -4.39. The second-order valence-corrected chi connectivity index (χ2v) is 12.2. The molecule has 0 radical (unpaired) electrons. The number of carboxylic acids is 2. The van der Waals surface area contributed by atoms with E-state index in [1.807, 2.05) is 60.7 Å². The van der Waals surface area contributed by atoms with E-state index in [0.717, 1.165) is 11.1 Å². The predicted octanol–water partition coefficient (Wildman–Crippen LogP) is 7.17. The molecule has 240 valence electrons. The molecular formula is C35H38ClN5O5. The third-order valence-electron chi connectivity index (χ3n) is 9.44. The van der Waals surface area contributed by atoms with Crippen LogP contribution >= 0.6 is 11.6 Å². The van der Waals surface area contributed by atoms with Gasteiger partial charge in [-0.05, 0) is 60.5 Å². The SMILES string of the molecule is CC1NC(COCCN=[N+]=[N-])C(CCC#N)(C(=O)O)C(c2cccc(Cl)c2)C1(CCC(c1ccccc1)c1ccccc1)C(=O)O. The van der Waals surface area contributed by atoms with Crippen LogP contribution in [0.4, 0.5) is 0 Å². The Bertz CT molecular complexity index is 1540. The zero-order valence-corrected chi connectivity index (χ0v) is 26.4. The second kappa shape index (κ2) is 15.7. The highest BCUT2D eigenvalue weighted by atomic mass is 35.5. The molecule has 11 heteroatoms. The van der Waals surface area contributed by atoms with Crippen molar-refractivity contribution in [3.8, 4) is 6.07 Å². The van der Waals surface area contributed by atoms with Gasteiger partial charge in [0.15, 0.2) is 0 Å². The van der Waals surface area contributed by atoms with E-state index >= 15 is 0 Å². The Labute approximate surface area is 273 Å². The van der Waals surface area contributed by atoms with Crippen molar-refractivity contribution in [3.05, 3.63) is 117 Å². The topological polar surface area (TPSA) is 168 Å². The fraction of sp³-hybridized carbons (Fsp3) is 0.400. The molecule has 5 atom stereocenters. The first-order valence-electron chi connectivity index (χ1n) is 15.3. The molecule has 1 fully saturated rings. The maximum atomic E-state index is 13.9. The van der Waals surface area contributed by atoms with Crippen molar-refractivity contribution in [1.29, 1.82) is 5.26 Å². The molecule has 0 aliphatic carbocycles. The van der Waals surface area contributed by atoms with Crippen LogP contribution < -0.4 is 5.32 Å². The zero-order valence-electron chi connectivity index (χ0n) is 25.6. The third-order valence-corrected chi connectivity index (χ3v) is 9.67. The standard InChI is InChI=1S/C35H38ClN5O5/c1-24-34(32(42)43,18-16-29(25-10-4-2-5-11-25)26-12-6-3-7-13-26)31(27-14-8-15-28(36)22-27)35(33(44)45,17-9-19-37)30(40-24)23-46-21-20-39-41-38/h2-8,10-15,22,24,29-31,40H,9,16-18,20-21,23H2,1H3,(H,42,43)(H,44,45). The molecule has 5 unspecified atom stereocenters. The largest absolute Gasteiger partial charge is 0.481 e. The van der Waals surface area contributed by atoms with Gasteiger partial charge in [0.05, 0.1) is 30.1 Å². The quantitative estimate of drug-likeness (QED) is 0.0682. The van der Waals surface area contributed by atoms with Gasteiger partial charge in [0.1, 0.15) is 0 Å². The molecule has 0 amide bonds. The Morgan fingerprint density at radius 1 is 1.02 bits per heavy atom. The Morgan fingerprint density at radius 3 is 2.20 bits per heavy atom. The van der Waals surface area contributed by atoms with Crippen LogP contribution in [0.2, 0.25) is 5.02 Å². The fourth-order valence-electron chi connectivity index (χ4n) is 7.36. The average Bonchev–Trinajstić information content (AvgIpc) is 3.05. The molecule has 3 N–H and O–H groups in total. The van der Waals surface area contributed by atoms with Crippen LogP contribution in [0.25, 0.3) is 10.4 Å². The minimum absolute atomic E-state index is 0.0479. The van der Waals surface area contributed by atoms with Gasteiger partial charge in [0, 0.05) is 46.8 Å². The Kier molecular flexibility index (Phi) is 11.8. The lowest BCUT2D eigenvalue weighted by molar-refractivity contribution is -0.177. The maximum Gasteiger partial charge on any atom is 0.312 e. The van der Waals surface area contributed by atoms with Gasteiger partial charge in [0.25, 0.3) is 0 Å². The number of rotatable bonds is 15. The van der Waals surface area contributed by atoms with Crippen LogP contribution in [-0.2, 0) is 14.3 Å². The Balaban J connectivity index is 1.91. The summed E-state index contributed by atoms with van der Waals surface area (Å²) in [6.45, 7) is 1.77. The number of halogens is 1. The summed E-state index contributed by atoms with van der Waals surface area (Å²) in [5.74, 6) is -3.63. The molecule has 1 saturated heterocycles. The smallest absolute Gasteiger partial charge is 0.312 e. The summed E-state index contributed by atoms with van der Waals surface area (Å²) >= 11 is 6.48. The number of hydrogen-bond donors (Lipinski definition) is 3. The summed E-state index contributed by atoms with van der Waals surface area (Å²) in [5.41, 5.74) is 7.74. The molecule has 4 rings (SSSR count). The van der Waals surface area contributed by atoms with Gasteiger partial charge >= 0.3 is 11.9 Å². The summed E-state index contributed by atoms with van der Waals surface area (Å²) in [5, 5.41) is 39.3. The van der Waals surface area contributed by atoms with Crippen molar-refractivity contribution in [2.24, 2.45) is 15.9 Å². The van der Waals surface area contributed by atoms with E-state index in [0.29, 0.717) is 17.0 Å². The highest BCUT2D eigenvalue weighted by Crippen LogP contribution is 2.60. The van der Waals surface area contributed by atoms with E-state index in [1.165, 1.54) is 0 Å². The van der Waals surface area contributed by atoms with Crippen LogP contribution in [0.1, 0.15) is 61.1 Å². The molecule has 0 spiro atoms. The van der Waals surface area contributed by atoms with Crippen molar-refractivity contribution in [1.82, 2.24) is 5.32 Å². The number of hydrogen-bond acceptors (Lipinski definition) is 6. The van der Waals surface area contributed by atoms with E-state index in [2.05, 4.69) is 21.4 Å². The van der Waals surface area contributed by atoms with Gasteiger partial charge in [-0.25, -0.2) is 0 Å². The second-order valence-electron chi connectivity index (χ2n) is 11.7. The number of carbonyl (C=O) groups is 2. The van der Waals surface area contributed by atoms with Gasteiger partial charge in [-0.15, -0.1) is 0 Å². The predicted molar refractivity (Wildman–Crippen MR) is 174 cm³/mol. The molecule has 1 heterocycles. The lowest BCUT2D eigenvalue weighted by atomic mass is 9.49. The summed E-state index contributed by atoms with van der Waals surface area (Å²) in [6, 6.07) is 26.9. The minimum atomic E-state index is -1.78.